The fourth-order valence-electron chi connectivity index (χ4n) is 3.43. The molecule has 0 saturated heterocycles. The Morgan fingerprint density at radius 1 is 1.43 bits per heavy atom. The summed E-state index contributed by atoms with van der Waals surface area (Å²) in [6.07, 6.45) is 3.62. The maximum Gasteiger partial charge on any atom is 0.0738 e. The summed E-state index contributed by atoms with van der Waals surface area (Å²) in [5.41, 5.74) is 4.77. The van der Waals surface area contributed by atoms with Crippen LogP contribution in [0.5, 0.6) is 0 Å². The van der Waals surface area contributed by atoms with Crippen LogP contribution >= 0.6 is 15.9 Å². The van der Waals surface area contributed by atoms with Gasteiger partial charge in [0.15, 0.2) is 0 Å². The molecule has 2 atom stereocenters. The molecule has 3 nitrogen and oxygen atoms in total. The minimum Gasteiger partial charge on any atom is -0.392 e. The Bertz CT molecular complexity index is 650. The molecule has 0 amide bonds. The lowest BCUT2D eigenvalue weighted by Crippen LogP contribution is -2.26. The normalized spacial score (nSPS) is 19.3. The molecule has 1 aromatic carbocycles. The van der Waals surface area contributed by atoms with Gasteiger partial charge in [0, 0.05) is 19.4 Å². The van der Waals surface area contributed by atoms with Gasteiger partial charge in [-0.2, -0.15) is 5.10 Å². The zero-order valence-corrected chi connectivity index (χ0v) is 14.1. The maximum atomic E-state index is 10.8. The van der Waals surface area contributed by atoms with E-state index in [4.69, 9.17) is 0 Å². The molecule has 0 radical (unpaired) electrons. The van der Waals surface area contributed by atoms with Gasteiger partial charge in [0.05, 0.1) is 22.0 Å². The lowest BCUT2D eigenvalue weighted by atomic mass is 9.79. The average molecular weight is 349 g/mol. The van der Waals surface area contributed by atoms with Crippen LogP contribution < -0.4 is 0 Å². The van der Waals surface area contributed by atoms with E-state index in [0.717, 1.165) is 35.1 Å². The molecule has 21 heavy (non-hydrogen) atoms. The van der Waals surface area contributed by atoms with Gasteiger partial charge >= 0.3 is 0 Å². The van der Waals surface area contributed by atoms with Crippen LogP contribution in [-0.2, 0) is 19.9 Å². The minimum atomic E-state index is -0.363. The predicted molar refractivity (Wildman–Crippen MR) is 87.5 cm³/mol. The summed E-state index contributed by atoms with van der Waals surface area (Å²) in [6, 6.07) is 8.53. The van der Waals surface area contributed by atoms with Crippen molar-refractivity contribution in [3.63, 3.8) is 0 Å². The number of hydrogen-bond acceptors (Lipinski definition) is 2. The standard InChI is InChI=1S/C17H21BrN2O/c1-11-17(18)15(20(2)19-11)10-16(21)14-9-5-7-12-6-3-4-8-13(12)14/h3-4,6,8,14,16,21H,5,7,9-10H2,1-2H3. The second-order valence-corrected chi connectivity index (χ2v) is 6.73. The molecule has 1 heterocycles. The number of aryl methyl sites for hydroxylation is 3. The third-order valence-corrected chi connectivity index (χ3v) is 5.58. The van der Waals surface area contributed by atoms with E-state index in [9.17, 15) is 5.11 Å². The van der Waals surface area contributed by atoms with Crippen molar-refractivity contribution in [2.75, 3.05) is 0 Å². The van der Waals surface area contributed by atoms with Crippen molar-refractivity contribution in [2.24, 2.45) is 7.05 Å². The number of rotatable bonds is 3. The third-order valence-electron chi connectivity index (χ3n) is 4.54. The van der Waals surface area contributed by atoms with Crippen molar-refractivity contribution < 1.29 is 5.11 Å². The van der Waals surface area contributed by atoms with E-state index in [1.54, 1.807) is 0 Å². The molecule has 1 aliphatic rings. The molecule has 4 heteroatoms. The lowest BCUT2D eigenvalue weighted by Gasteiger charge is -2.29. The van der Waals surface area contributed by atoms with Crippen molar-refractivity contribution >= 4 is 15.9 Å². The average Bonchev–Trinajstić information content (AvgIpc) is 2.73. The van der Waals surface area contributed by atoms with Gasteiger partial charge in [-0.3, -0.25) is 4.68 Å². The molecule has 3 rings (SSSR count). The van der Waals surface area contributed by atoms with Crippen molar-refractivity contribution in [2.45, 2.75) is 44.6 Å². The van der Waals surface area contributed by atoms with Gasteiger partial charge in [-0.05, 0) is 53.2 Å². The Kier molecular flexibility index (Phi) is 4.18. The number of fused-ring (bicyclic) bond motifs is 1. The highest BCUT2D eigenvalue weighted by molar-refractivity contribution is 9.10. The third kappa shape index (κ3) is 2.79. The Labute approximate surface area is 134 Å². The Morgan fingerprint density at radius 2 is 2.19 bits per heavy atom. The summed E-state index contributed by atoms with van der Waals surface area (Å²) in [5, 5.41) is 15.2. The van der Waals surface area contributed by atoms with Crippen LogP contribution in [0, 0.1) is 6.92 Å². The van der Waals surface area contributed by atoms with Crippen molar-refractivity contribution in [1.29, 1.82) is 0 Å². The summed E-state index contributed by atoms with van der Waals surface area (Å²) in [5.74, 6) is 0.233. The van der Waals surface area contributed by atoms with Crippen LogP contribution in [0.4, 0.5) is 0 Å². The van der Waals surface area contributed by atoms with Gasteiger partial charge in [0.1, 0.15) is 0 Å². The molecule has 0 aliphatic heterocycles. The van der Waals surface area contributed by atoms with Crippen molar-refractivity contribution in [3.05, 3.63) is 51.3 Å². The van der Waals surface area contributed by atoms with Gasteiger partial charge in [-0.25, -0.2) is 0 Å². The zero-order chi connectivity index (χ0) is 15.0. The number of benzene rings is 1. The number of aromatic nitrogens is 2. The fourth-order valence-corrected chi connectivity index (χ4v) is 3.93. The van der Waals surface area contributed by atoms with E-state index in [1.165, 1.54) is 11.1 Å². The molecule has 2 aromatic rings. The molecule has 0 spiro atoms. The molecule has 0 saturated carbocycles. The first-order valence-corrected chi connectivity index (χ1v) is 8.31. The first kappa shape index (κ1) is 14.8. The second-order valence-electron chi connectivity index (χ2n) is 5.94. The van der Waals surface area contributed by atoms with Crippen LogP contribution in [0.15, 0.2) is 28.7 Å². The molecule has 1 N–H and O–H groups in total. The summed E-state index contributed by atoms with van der Waals surface area (Å²) in [7, 11) is 1.94. The molecule has 0 bridgehead atoms. The van der Waals surface area contributed by atoms with Gasteiger partial charge in [-0.15, -0.1) is 0 Å². The van der Waals surface area contributed by atoms with Crippen LogP contribution in [-0.4, -0.2) is 21.0 Å². The molecule has 1 aromatic heterocycles. The monoisotopic (exact) mass is 348 g/mol. The van der Waals surface area contributed by atoms with E-state index in [0.29, 0.717) is 6.42 Å². The van der Waals surface area contributed by atoms with Gasteiger partial charge in [-0.1, -0.05) is 24.3 Å². The Balaban J connectivity index is 1.85. The van der Waals surface area contributed by atoms with Crippen LogP contribution in [0.1, 0.15) is 41.3 Å². The number of halogens is 1. The summed E-state index contributed by atoms with van der Waals surface area (Å²) >= 11 is 3.59. The maximum absolute atomic E-state index is 10.8. The van der Waals surface area contributed by atoms with Crippen molar-refractivity contribution in [1.82, 2.24) is 9.78 Å². The highest BCUT2D eigenvalue weighted by atomic mass is 79.9. The highest BCUT2D eigenvalue weighted by Gasteiger charge is 2.28. The number of aliphatic hydroxyl groups excluding tert-OH is 1. The lowest BCUT2D eigenvalue weighted by molar-refractivity contribution is 0.132. The van der Waals surface area contributed by atoms with E-state index in [-0.39, 0.29) is 12.0 Å². The van der Waals surface area contributed by atoms with E-state index in [1.807, 2.05) is 18.7 Å². The largest absolute Gasteiger partial charge is 0.392 e. The fraction of sp³-hybridized carbons (Fsp3) is 0.471. The van der Waals surface area contributed by atoms with Gasteiger partial charge in [0.2, 0.25) is 0 Å². The first-order chi connectivity index (χ1) is 10.1. The predicted octanol–water partition coefficient (Wildman–Crippen LogP) is 3.51. The molecule has 2 unspecified atom stereocenters. The van der Waals surface area contributed by atoms with E-state index < -0.39 is 0 Å². The van der Waals surface area contributed by atoms with Crippen LogP contribution in [0.3, 0.4) is 0 Å². The Morgan fingerprint density at radius 3 is 2.90 bits per heavy atom. The van der Waals surface area contributed by atoms with Crippen LogP contribution in [0.25, 0.3) is 0 Å². The number of aliphatic hydroxyl groups is 1. The highest BCUT2D eigenvalue weighted by Crippen LogP contribution is 2.35. The number of nitrogens with zero attached hydrogens (tertiary/aromatic N) is 2. The summed E-state index contributed by atoms with van der Waals surface area (Å²) < 4.78 is 2.89. The van der Waals surface area contributed by atoms with Crippen LogP contribution in [0.2, 0.25) is 0 Å². The van der Waals surface area contributed by atoms with Gasteiger partial charge < -0.3 is 5.11 Å². The topological polar surface area (TPSA) is 38.0 Å². The molecule has 112 valence electrons. The second kappa shape index (κ2) is 5.93. The smallest absolute Gasteiger partial charge is 0.0738 e. The molecular weight excluding hydrogens is 328 g/mol. The quantitative estimate of drug-likeness (QED) is 0.921. The van der Waals surface area contributed by atoms with E-state index >= 15 is 0 Å². The zero-order valence-electron chi connectivity index (χ0n) is 12.5. The first-order valence-electron chi connectivity index (χ1n) is 7.51. The molecule has 0 fully saturated rings. The van der Waals surface area contributed by atoms with E-state index in [2.05, 4.69) is 45.3 Å². The summed E-state index contributed by atoms with van der Waals surface area (Å²) in [6.45, 7) is 1.98. The SMILES string of the molecule is Cc1nn(C)c(CC(O)C2CCCc3ccccc32)c1Br. The van der Waals surface area contributed by atoms with Crippen molar-refractivity contribution in [3.8, 4) is 0 Å². The molecular formula is C17H21BrN2O. The van der Waals surface area contributed by atoms with Gasteiger partial charge in [0.25, 0.3) is 0 Å². The number of hydrogen-bond donors (Lipinski definition) is 1. The Hall–Kier alpha value is -1.13. The minimum absolute atomic E-state index is 0.233. The summed E-state index contributed by atoms with van der Waals surface area (Å²) in [4.78, 5) is 0. The molecule has 1 aliphatic carbocycles.